The Balaban J connectivity index is 0.00000133. The van der Waals surface area contributed by atoms with Gasteiger partial charge in [-0.05, 0) is 13.0 Å². The second kappa shape index (κ2) is 5.35. The molecule has 6 heteroatoms. The quantitative estimate of drug-likeness (QED) is 0.874. The number of rotatable bonds is 1. The van der Waals surface area contributed by atoms with Crippen LogP contribution in [0, 0.1) is 11.6 Å². The van der Waals surface area contributed by atoms with Crippen molar-refractivity contribution >= 4 is 29.1 Å². The van der Waals surface area contributed by atoms with Crippen molar-refractivity contribution in [1.29, 1.82) is 0 Å². The number of furan rings is 1. The average Bonchev–Trinajstić information content (AvgIpc) is 2.78. The zero-order chi connectivity index (χ0) is 12.7. The van der Waals surface area contributed by atoms with E-state index >= 15 is 0 Å². The summed E-state index contributed by atoms with van der Waals surface area (Å²) in [6.07, 6.45) is 1.39. The van der Waals surface area contributed by atoms with Gasteiger partial charge in [0.1, 0.15) is 11.5 Å². The minimum Gasteiger partial charge on any atom is -0.462 e. The predicted molar refractivity (Wildman–Crippen MR) is 73.1 cm³/mol. The molecule has 2 aromatic rings. The van der Waals surface area contributed by atoms with Crippen molar-refractivity contribution in [3.8, 4) is 0 Å². The molecule has 0 amide bonds. The number of halogens is 3. The number of fused-ring (bicyclic) bond motifs is 1. The fraction of sp³-hybridized carbons (Fsp3) is 0.385. The third kappa shape index (κ3) is 2.40. The summed E-state index contributed by atoms with van der Waals surface area (Å²) in [5.41, 5.74) is 0.659. The Hall–Kier alpha value is -1.33. The molecule has 0 aliphatic carbocycles. The molecule has 1 aliphatic heterocycles. The summed E-state index contributed by atoms with van der Waals surface area (Å²) in [7, 11) is 0. The lowest BCUT2D eigenvalue weighted by atomic mass is 10.1. The van der Waals surface area contributed by atoms with Crippen LogP contribution in [0.4, 0.5) is 14.5 Å². The van der Waals surface area contributed by atoms with E-state index in [1.807, 2.05) is 11.8 Å². The fourth-order valence-electron chi connectivity index (χ4n) is 2.48. The van der Waals surface area contributed by atoms with Crippen LogP contribution in [0.3, 0.4) is 0 Å². The van der Waals surface area contributed by atoms with Crippen LogP contribution in [0.1, 0.15) is 6.92 Å². The number of hydrogen-bond donors (Lipinski definition) is 1. The lowest BCUT2D eigenvalue weighted by Crippen LogP contribution is -2.49. The zero-order valence-corrected chi connectivity index (χ0v) is 11.3. The first-order valence-corrected chi connectivity index (χ1v) is 6.00. The Bertz CT molecular complexity index is 587. The first-order valence-electron chi connectivity index (χ1n) is 6.00. The van der Waals surface area contributed by atoms with Crippen molar-refractivity contribution in [3.63, 3.8) is 0 Å². The van der Waals surface area contributed by atoms with E-state index in [-0.39, 0.29) is 18.4 Å². The molecule has 1 aliphatic rings. The molecule has 3 nitrogen and oxygen atoms in total. The smallest absolute Gasteiger partial charge is 0.163 e. The molecule has 0 saturated carbocycles. The molecule has 1 aromatic heterocycles. The third-order valence-corrected chi connectivity index (χ3v) is 3.30. The molecule has 1 fully saturated rings. The Kier molecular flexibility index (Phi) is 3.96. The van der Waals surface area contributed by atoms with E-state index in [4.69, 9.17) is 4.42 Å². The highest BCUT2D eigenvalue weighted by molar-refractivity contribution is 5.90. The first kappa shape index (κ1) is 14.1. The molecule has 19 heavy (non-hydrogen) atoms. The van der Waals surface area contributed by atoms with Gasteiger partial charge in [-0.25, -0.2) is 8.78 Å². The maximum Gasteiger partial charge on any atom is 0.163 e. The van der Waals surface area contributed by atoms with Gasteiger partial charge < -0.3 is 14.6 Å². The van der Waals surface area contributed by atoms with E-state index in [9.17, 15) is 8.78 Å². The summed E-state index contributed by atoms with van der Waals surface area (Å²) in [6, 6.07) is 2.73. The summed E-state index contributed by atoms with van der Waals surface area (Å²) in [4.78, 5) is 1.90. The lowest BCUT2D eigenvalue weighted by Gasteiger charge is -2.33. The topological polar surface area (TPSA) is 28.4 Å². The summed E-state index contributed by atoms with van der Waals surface area (Å²) in [5, 5.41) is 3.62. The number of anilines is 1. The van der Waals surface area contributed by atoms with Crippen molar-refractivity contribution < 1.29 is 13.2 Å². The summed E-state index contributed by atoms with van der Waals surface area (Å²) < 4.78 is 32.8. The van der Waals surface area contributed by atoms with Gasteiger partial charge in [0.25, 0.3) is 0 Å². The van der Waals surface area contributed by atoms with Crippen molar-refractivity contribution in [3.05, 3.63) is 30.0 Å². The minimum absolute atomic E-state index is 0. The Morgan fingerprint density at radius 1 is 1.37 bits per heavy atom. The summed E-state index contributed by atoms with van der Waals surface area (Å²) in [5.74, 6) is -1.15. The van der Waals surface area contributed by atoms with E-state index in [2.05, 4.69) is 5.32 Å². The van der Waals surface area contributed by atoms with E-state index in [1.165, 1.54) is 12.3 Å². The van der Waals surface area contributed by atoms with Gasteiger partial charge in [-0.3, -0.25) is 0 Å². The fourth-order valence-corrected chi connectivity index (χ4v) is 2.48. The molecule has 1 atom stereocenters. The molecule has 0 unspecified atom stereocenters. The van der Waals surface area contributed by atoms with Crippen LogP contribution in [-0.4, -0.2) is 25.7 Å². The normalized spacial score (nSPS) is 19.5. The third-order valence-electron chi connectivity index (χ3n) is 3.30. The van der Waals surface area contributed by atoms with Crippen LogP contribution in [0.15, 0.2) is 22.8 Å². The van der Waals surface area contributed by atoms with Crippen LogP contribution in [0.5, 0.6) is 0 Å². The first-order chi connectivity index (χ1) is 8.66. The van der Waals surface area contributed by atoms with E-state index in [0.717, 1.165) is 12.6 Å². The van der Waals surface area contributed by atoms with E-state index < -0.39 is 11.6 Å². The largest absolute Gasteiger partial charge is 0.462 e. The van der Waals surface area contributed by atoms with Gasteiger partial charge in [-0.2, -0.15) is 0 Å². The van der Waals surface area contributed by atoms with E-state index in [1.54, 1.807) is 0 Å². The van der Waals surface area contributed by atoms with Gasteiger partial charge in [0, 0.05) is 31.7 Å². The second-order valence-corrected chi connectivity index (χ2v) is 4.65. The molecule has 0 bridgehead atoms. The standard InChI is InChI=1S/C13H14F2N2O.ClH/c1-8-7-17(4-3-16-8)12-11(15)6-10(14)9-2-5-18-13(9)12;/h2,5-6,8,16H,3-4,7H2,1H3;1H/t8-;/m0./s1. The molecule has 0 spiro atoms. The Labute approximate surface area is 116 Å². The Morgan fingerprint density at radius 3 is 2.89 bits per heavy atom. The van der Waals surface area contributed by atoms with Crippen LogP contribution in [0.2, 0.25) is 0 Å². The molecule has 1 aromatic carbocycles. The molecule has 0 radical (unpaired) electrons. The average molecular weight is 289 g/mol. The monoisotopic (exact) mass is 288 g/mol. The van der Waals surface area contributed by atoms with Crippen molar-refractivity contribution in [1.82, 2.24) is 5.32 Å². The van der Waals surface area contributed by atoms with Gasteiger partial charge in [0.05, 0.1) is 11.6 Å². The minimum atomic E-state index is -0.580. The number of nitrogens with one attached hydrogen (secondary N) is 1. The highest BCUT2D eigenvalue weighted by Gasteiger charge is 2.24. The maximum atomic E-state index is 14.0. The Morgan fingerprint density at radius 2 is 2.16 bits per heavy atom. The molecule has 1 N–H and O–H groups in total. The lowest BCUT2D eigenvalue weighted by molar-refractivity contribution is 0.476. The number of nitrogens with zero attached hydrogens (tertiary/aromatic N) is 1. The number of benzene rings is 1. The van der Waals surface area contributed by atoms with Gasteiger partial charge in [0.15, 0.2) is 11.4 Å². The number of hydrogen-bond acceptors (Lipinski definition) is 3. The van der Waals surface area contributed by atoms with Crippen LogP contribution in [-0.2, 0) is 0 Å². The van der Waals surface area contributed by atoms with Crippen molar-refractivity contribution in [2.45, 2.75) is 13.0 Å². The van der Waals surface area contributed by atoms with Gasteiger partial charge in [-0.15, -0.1) is 12.4 Å². The van der Waals surface area contributed by atoms with Gasteiger partial charge in [-0.1, -0.05) is 0 Å². The molecular weight excluding hydrogens is 274 g/mol. The summed E-state index contributed by atoms with van der Waals surface area (Å²) in [6.45, 7) is 4.17. The molecule has 2 heterocycles. The molecule has 1 saturated heterocycles. The van der Waals surface area contributed by atoms with Gasteiger partial charge in [0.2, 0.25) is 0 Å². The molecule has 104 valence electrons. The molecular formula is C13H15ClF2N2O. The van der Waals surface area contributed by atoms with Crippen LogP contribution in [0.25, 0.3) is 11.0 Å². The second-order valence-electron chi connectivity index (χ2n) is 4.65. The van der Waals surface area contributed by atoms with Crippen LogP contribution >= 0.6 is 12.4 Å². The predicted octanol–water partition coefficient (Wildman–Crippen LogP) is 2.93. The number of piperazine rings is 1. The van der Waals surface area contributed by atoms with Gasteiger partial charge >= 0.3 is 0 Å². The zero-order valence-electron chi connectivity index (χ0n) is 10.5. The highest BCUT2D eigenvalue weighted by Crippen LogP contribution is 2.33. The van der Waals surface area contributed by atoms with Crippen molar-refractivity contribution in [2.24, 2.45) is 0 Å². The SMILES string of the molecule is C[C@H]1CN(c2c(F)cc(F)c3ccoc23)CCN1.Cl. The van der Waals surface area contributed by atoms with E-state index in [0.29, 0.717) is 29.7 Å². The highest BCUT2D eigenvalue weighted by atomic mass is 35.5. The van der Waals surface area contributed by atoms with Crippen LogP contribution < -0.4 is 10.2 Å². The summed E-state index contributed by atoms with van der Waals surface area (Å²) >= 11 is 0. The maximum absolute atomic E-state index is 14.0. The van der Waals surface area contributed by atoms with Crippen molar-refractivity contribution in [2.75, 3.05) is 24.5 Å². The molecule has 3 rings (SSSR count).